The van der Waals surface area contributed by atoms with E-state index in [1.807, 2.05) is 12.1 Å². The normalized spacial score (nSPS) is 22.5. The minimum Gasteiger partial charge on any atom is -0.384 e. The average Bonchev–Trinajstić information content (AvgIpc) is 2.63. The van der Waals surface area contributed by atoms with Gasteiger partial charge < -0.3 is 10.6 Å². The lowest BCUT2D eigenvalue weighted by Gasteiger charge is -2.31. The smallest absolute Gasteiger partial charge is 0.178 e. The van der Waals surface area contributed by atoms with E-state index < -0.39 is 9.84 Å². The van der Waals surface area contributed by atoms with Crippen LogP contribution in [0.3, 0.4) is 0 Å². The van der Waals surface area contributed by atoms with Crippen LogP contribution in [-0.4, -0.2) is 33.3 Å². The monoisotopic (exact) mass is 332 g/mol. The van der Waals surface area contributed by atoms with E-state index in [4.69, 9.17) is 0 Å². The summed E-state index contributed by atoms with van der Waals surface area (Å²) in [6.07, 6.45) is 8.84. The zero-order valence-electron chi connectivity index (χ0n) is 13.5. The molecular weight excluding hydrogens is 308 g/mol. The van der Waals surface area contributed by atoms with E-state index in [-0.39, 0.29) is 5.75 Å². The number of piperidine rings is 1. The van der Waals surface area contributed by atoms with Gasteiger partial charge in [0.2, 0.25) is 0 Å². The van der Waals surface area contributed by atoms with Crippen molar-refractivity contribution in [1.82, 2.24) is 10.6 Å². The van der Waals surface area contributed by atoms with Crippen LogP contribution in [0.1, 0.15) is 25.3 Å². The molecule has 4 nitrogen and oxygen atoms in total. The topological polar surface area (TPSA) is 58.2 Å². The summed E-state index contributed by atoms with van der Waals surface area (Å²) >= 11 is 0. The summed E-state index contributed by atoms with van der Waals surface area (Å²) in [5.41, 5.74) is 2.13. The molecule has 1 aromatic carbocycles. The van der Waals surface area contributed by atoms with Crippen molar-refractivity contribution in [3.05, 3.63) is 48.2 Å². The van der Waals surface area contributed by atoms with E-state index >= 15 is 0 Å². The Bertz CT molecular complexity index is 699. The lowest BCUT2D eigenvalue weighted by Crippen LogP contribution is -2.39. The van der Waals surface area contributed by atoms with Crippen molar-refractivity contribution < 1.29 is 8.42 Å². The van der Waals surface area contributed by atoms with Gasteiger partial charge in [-0.15, -0.1) is 0 Å². The van der Waals surface area contributed by atoms with E-state index in [1.165, 1.54) is 12.8 Å². The maximum absolute atomic E-state index is 11.9. The fraction of sp³-hybridized carbons (Fsp3) is 0.444. The minimum atomic E-state index is -3.13. The number of dihydropyridines is 1. The maximum Gasteiger partial charge on any atom is 0.178 e. The van der Waals surface area contributed by atoms with Crippen molar-refractivity contribution in [2.24, 2.45) is 5.92 Å². The molecule has 2 N–H and O–H groups in total. The van der Waals surface area contributed by atoms with E-state index in [1.54, 1.807) is 19.1 Å². The molecule has 0 spiro atoms. The number of nitrogens with one attached hydrogen (secondary N) is 2. The molecule has 0 amide bonds. The Morgan fingerprint density at radius 1 is 1.13 bits per heavy atom. The number of allylic oxidation sites excluding steroid dienone is 2. The standard InChI is InChI=1S/C18H24N2O2S/c1-2-23(21,22)17-6-3-14(4-7-17)16-5-8-18(20-13-16)15-9-11-19-12-10-15/h3-8,13,15,18-20H,2,9-12H2,1H3. The van der Waals surface area contributed by atoms with Crippen molar-refractivity contribution in [2.45, 2.75) is 30.7 Å². The maximum atomic E-state index is 11.9. The molecule has 2 aliphatic rings. The molecule has 1 aromatic rings. The molecule has 2 heterocycles. The van der Waals surface area contributed by atoms with Gasteiger partial charge in [-0.2, -0.15) is 0 Å². The summed E-state index contributed by atoms with van der Waals surface area (Å²) in [7, 11) is -3.13. The second-order valence-electron chi connectivity index (χ2n) is 6.17. The lowest BCUT2D eigenvalue weighted by molar-refractivity contribution is 0.327. The summed E-state index contributed by atoms with van der Waals surface area (Å²) in [6, 6.07) is 7.56. The summed E-state index contributed by atoms with van der Waals surface area (Å²) < 4.78 is 23.7. The number of hydrogen-bond donors (Lipinski definition) is 2. The summed E-state index contributed by atoms with van der Waals surface area (Å²) in [5.74, 6) is 0.816. The Kier molecular flexibility index (Phi) is 4.87. The molecule has 0 radical (unpaired) electrons. The highest BCUT2D eigenvalue weighted by Crippen LogP contribution is 2.25. The second-order valence-corrected chi connectivity index (χ2v) is 8.44. The van der Waals surface area contributed by atoms with Gasteiger partial charge >= 0.3 is 0 Å². The molecule has 5 heteroatoms. The molecule has 1 fully saturated rings. The van der Waals surface area contributed by atoms with Gasteiger partial charge in [0.1, 0.15) is 0 Å². The van der Waals surface area contributed by atoms with Gasteiger partial charge in [-0.3, -0.25) is 0 Å². The molecular formula is C18H24N2O2S. The van der Waals surface area contributed by atoms with Crippen LogP contribution in [0.4, 0.5) is 0 Å². The van der Waals surface area contributed by atoms with E-state index in [2.05, 4.69) is 29.0 Å². The highest BCUT2D eigenvalue weighted by Gasteiger charge is 2.22. The third-order valence-corrected chi connectivity index (χ3v) is 6.48. The lowest BCUT2D eigenvalue weighted by atomic mass is 9.88. The predicted octanol–water partition coefficient (Wildman–Crippen LogP) is 2.35. The molecule has 0 bridgehead atoms. The zero-order valence-corrected chi connectivity index (χ0v) is 14.3. The summed E-state index contributed by atoms with van der Waals surface area (Å²) in [5, 5.41) is 6.89. The van der Waals surface area contributed by atoms with Crippen LogP contribution in [0.15, 0.2) is 47.5 Å². The van der Waals surface area contributed by atoms with Crippen molar-refractivity contribution in [1.29, 1.82) is 0 Å². The third kappa shape index (κ3) is 3.67. The van der Waals surface area contributed by atoms with Crippen molar-refractivity contribution >= 4 is 15.4 Å². The van der Waals surface area contributed by atoms with Crippen molar-refractivity contribution in [3.8, 4) is 0 Å². The van der Waals surface area contributed by atoms with Crippen LogP contribution in [0, 0.1) is 5.92 Å². The molecule has 23 heavy (non-hydrogen) atoms. The van der Waals surface area contributed by atoms with Crippen LogP contribution >= 0.6 is 0 Å². The molecule has 1 unspecified atom stereocenters. The number of rotatable bonds is 4. The summed E-state index contributed by atoms with van der Waals surface area (Å²) in [4.78, 5) is 0.393. The molecule has 0 saturated carbocycles. The highest BCUT2D eigenvalue weighted by atomic mass is 32.2. The van der Waals surface area contributed by atoms with Gasteiger partial charge in [-0.25, -0.2) is 8.42 Å². The van der Waals surface area contributed by atoms with Gasteiger partial charge in [0.25, 0.3) is 0 Å². The van der Waals surface area contributed by atoms with Gasteiger partial charge in [-0.05, 0) is 55.1 Å². The van der Waals surface area contributed by atoms with Gasteiger partial charge in [-0.1, -0.05) is 31.2 Å². The first-order chi connectivity index (χ1) is 11.1. The second kappa shape index (κ2) is 6.89. The fourth-order valence-electron chi connectivity index (χ4n) is 3.19. The van der Waals surface area contributed by atoms with Crippen LogP contribution < -0.4 is 10.6 Å². The molecule has 1 saturated heterocycles. The molecule has 0 aromatic heterocycles. The molecule has 0 aliphatic carbocycles. The number of benzene rings is 1. The largest absolute Gasteiger partial charge is 0.384 e. The fourth-order valence-corrected chi connectivity index (χ4v) is 4.08. The Morgan fingerprint density at radius 3 is 2.39 bits per heavy atom. The Hall–Kier alpha value is -1.59. The number of hydrogen-bond acceptors (Lipinski definition) is 4. The Balaban J connectivity index is 1.69. The summed E-state index contributed by atoms with van der Waals surface area (Å²) in [6.45, 7) is 3.86. The van der Waals surface area contributed by atoms with Crippen LogP contribution in [0.25, 0.3) is 5.57 Å². The first kappa shape index (κ1) is 16.3. The van der Waals surface area contributed by atoms with E-state index in [0.717, 1.165) is 24.2 Å². The van der Waals surface area contributed by atoms with Crippen LogP contribution in [-0.2, 0) is 9.84 Å². The van der Waals surface area contributed by atoms with Crippen molar-refractivity contribution in [2.75, 3.05) is 18.8 Å². The minimum absolute atomic E-state index is 0.133. The van der Waals surface area contributed by atoms with Crippen molar-refractivity contribution in [3.63, 3.8) is 0 Å². The van der Waals surface area contributed by atoms with Gasteiger partial charge in [0.05, 0.1) is 10.6 Å². The third-order valence-electron chi connectivity index (χ3n) is 4.73. The Labute approximate surface area is 138 Å². The van der Waals surface area contributed by atoms with Crippen LogP contribution in [0.5, 0.6) is 0 Å². The molecule has 124 valence electrons. The molecule has 3 rings (SSSR count). The van der Waals surface area contributed by atoms with Gasteiger partial charge in [0, 0.05) is 12.2 Å². The molecule has 1 atom stereocenters. The molecule has 2 aliphatic heterocycles. The predicted molar refractivity (Wildman–Crippen MR) is 93.8 cm³/mol. The first-order valence-electron chi connectivity index (χ1n) is 8.28. The van der Waals surface area contributed by atoms with E-state index in [0.29, 0.717) is 16.9 Å². The number of sulfone groups is 1. The highest BCUT2D eigenvalue weighted by molar-refractivity contribution is 7.91. The van der Waals surface area contributed by atoms with E-state index in [9.17, 15) is 8.42 Å². The quantitative estimate of drug-likeness (QED) is 0.889. The van der Waals surface area contributed by atoms with Gasteiger partial charge in [0.15, 0.2) is 9.84 Å². The first-order valence-corrected chi connectivity index (χ1v) is 9.94. The zero-order chi connectivity index (χ0) is 16.3. The van der Waals surface area contributed by atoms with Crippen LogP contribution in [0.2, 0.25) is 0 Å². The average molecular weight is 332 g/mol. The Morgan fingerprint density at radius 2 is 1.83 bits per heavy atom. The SMILES string of the molecule is CCS(=O)(=O)c1ccc(C2=CNC(C3CCNCC3)C=C2)cc1.